The van der Waals surface area contributed by atoms with Crippen molar-refractivity contribution in [2.24, 2.45) is 0 Å². The van der Waals surface area contributed by atoms with Gasteiger partial charge in [0.15, 0.2) is 5.11 Å². The number of benzene rings is 1. The molecule has 0 bridgehead atoms. The van der Waals surface area contributed by atoms with Gasteiger partial charge in [-0.3, -0.25) is 0 Å². The summed E-state index contributed by atoms with van der Waals surface area (Å²) in [5.74, 6) is 0. The van der Waals surface area contributed by atoms with E-state index >= 15 is 0 Å². The number of hydrogen-bond acceptors (Lipinski definition) is 2. The third-order valence-electron chi connectivity index (χ3n) is 2.64. The Bertz CT molecular complexity index is 394. The molecule has 2 N–H and O–H groups in total. The van der Waals surface area contributed by atoms with E-state index in [9.17, 15) is 0 Å². The van der Waals surface area contributed by atoms with Gasteiger partial charge in [0.2, 0.25) is 0 Å². The molecule has 0 amide bonds. The Morgan fingerprint density at radius 3 is 3.00 bits per heavy atom. The largest absolute Gasteiger partial charge is 0.376 e. The van der Waals surface area contributed by atoms with E-state index in [1.165, 1.54) is 0 Å². The van der Waals surface area contributed by atoms with Gasteiger partial charge in [-0.25, -0.2) is 0 Å². The lowest BCUT2D eigenvalue weighted by Crippen LogP contribution is -2.34. The minimum Gasteiger partial charge on any atom is -0.376 e. The average Bonchev–Trinajstić information content (AvgIpc) is 2.82. The lowest BCUT2D eigenvalue weighted by atomic mass is 10.2. The van der Waals surface area contributed by atoms with Crippen LogP contribution in [0.3, 0.4) is 0 Å². The maximum Gasteiger partial charge on any atom is 0.170 e. The number of ether oxygens (including phenoxy) is 1. The molecule has 1 heterocycles. The summed E-state index contributed by atoms with van der Waals surface area (Å²) >= 11 is 7.53. The molecule has 1 fully saturated rings. The topological polar surface area (TPSA) is 33.3 Å². The summed E-state index contributed by atoms with van der Waals surface area (Å²) in [6.07, 6.45) is 2.59. The third kappa shape index (κ3) is 4.08. The monoisotopic (exact) mass is 362 g/mol. The summed E-state index contributed by atoms with van der Waals surface area (Å²) in [5, 5.41) is 7.04. The second-order valence-electron chi connectivity index (χ2n) is 3.95. The summed E-state index contributed by atoms with van der Waals surface area (Å²) in [7, 11) is 0. The average molecular weight is 362 g/mol. The molecule has 5 heteroatoms. The maximum absolute atomic E-state index is 5.53. The lowest BCUT2D eigenvalue weighted by molar-refractivity contribution is 0.114. The fourth-order valence-electron chi connectivity index (χ4n) is 1.74. The van der Waals surface area contributed by atoms with Gasteiger partial charge >= 0.3 is 0 Å². The van der Waals surface area contributed by atoms with Gasteiger partial charge in [-0.1, -0.05) is 12.1 Å². The van der Waals surface area contributed by atoms with Crippen LogP contribution in [0, 0.1) is 3.57 Å². The summed E-state index contributed by atoms with van der Waals surface area (Å²) in [4.78, 5) is 0. The van der Waals surface area contributed by atoms with Gasteiger partial charge in [0.1, 0.15) is 0 Å². The highest BCUT2D eigenvalue weighted by molar-refractivity contribution is 14.1. The number of rotatable bonds is 3. The molecule has 1 saturated heterocycles. The van der Waals surface area contributed by atoms with Crippen LogP contribution in [0.4, 0.5) is 5.69 Å². The van der Waals surface area contributed by atoms with Crippen LogP contribution in [0.15, 0.2) is 24.3 Å². The summed E-state index contributed by atoms with van der Waals surface area (Å²) in [6, 6.07) is 8.07. The highest BCUT2D eigenvalue weighted by atomic mass is 127. The number of anilines is 1. The minimum absolute atomic E-state index is 0.310. The van der Waals surface area contributed by atoms with Crippen LogP contribution in [0.5, 0.6) is 0 Å². The van der Waals surface area contributed by atoms with Crippen LogP contribution < -0.4 is 10.6 Å². The Morgan fingerprint density at radius 1 is 1.47 bits per heavy atom. The zero-order chi connectivity index (χ0) is 12.1. The molecule has 0 aliphatic carbocycles. The van der Waals surface area contributed by atoms with Crippen LogP contribution in [0.1, 0.15) is 12.8 Å². The van der Waals surface area contributed by atoms with Crippen LogP contribution in [0.2, 0.25) is 0 Å². The Labute approximate surface area is 120 Å². The van der Waals surface area contributed by atoms with Crippen LogP contribution in [-0.4, -0.2) is 24.4 Å². The molecule has 2 rings (SSSR count). The number of para-hydroxylation sites is 1. The SMILES string of the molecule is S=C(NCC1CCCO1)Nc1ccccc1I. The number of thiocarbonyl (C=S) groups is 1. The maximum atomic E-state index is 5.53. The second kappa shape index (κ2) is 6.51. The van der Waals surface area contributed by atoms with E-state index in [0.29, 0.717) is 11.2 Å². The number of halogens is 1. The molecule has 1 aliphatic rings. The lowest BCUT2D eigenvalue weighted by Gasteiger charge is -2.14. The molecular formula is C12H15IN2OS. The molecule has 0 aromatic heterocycles. The molecule has 0 radical (unpaired) electrons. The number of nitrogens with one attached hydrogen (secondary N) is 2. The first kappa shape index (κ1) is 13.0. The third-order valence-corrected chi connectivity index (χ3v) is 3.82. The molecule has 1 unspecified atom stereocenters. The Hall–Kier alpha value is -0.400. The van der Waals surface area contributed by atoms with Crippen LogP contribution in [-0.2, 0) is 4.74 Å². The molecule has 0 spiro atoms. The van der Waals surface area contributed by atoms with E-state index in [0.717, 1.165) is 35.3 Å². The predicted octanol–water partition coefficient (Wildman–Crippen LogP) is 2.76. The van der Waals surface area contributed by atoms with E-state index in [1.54, 1.807) is 0 Å². The van der Waals surface area contributed by atoms with Gasteiger partial charge < -0.3 is 15.4 Å². The molecule has 1 aromatic rings. The predicted molar refractivity (Wildman–Crippen MR) is 82.4 cm³/mol. The molecule has 1 aromatic carbocycles. The van der Waals surface area contributed by atoms with Crippen molar-refractivity contribution in [3.05, 3.63) is 27.8 Å². The fourth-order valence-corrected chi connectivity index (χ4v) is 2.46. The van der Waals surface area contributed by atoms with Crippen molar-refractivity contribution in [1.29, 1.82) is 0 Å². The van der Waals surface area contributed by atoms with E-state index in [4.69, 9.17) is 17.0 Å². The Balaban J connectivity index is 1.79. The zero-order valence-electron chi connectivity index (χ0n) is 9.41. The van der Waals surface area contributed by atoms with Gasteiger partial charge in [-0.15, -0.1) is 0 Å². The second-order valence-corrected chi connectivity index (χ2v) is 5.52. The van der Waals surface area contributed by atoms with E-state index in [-0.39, 0.29) is 0 Å². The fraction of sp³-hybridized carbons (Fsp3) is 0.417. The minimum atomic E-state index is 0.310. The quantitative estimate of drug-likeness (QED) is 0.640. The summed E-state index contributed by atoms with van der Waals surface area (Å²) in [6.45, 7) is 1.67. The van der Waals surface area contributed by atoms with Gasteiger partial charge in [0.25, 0.3) is 0 Å². The molecule has 3 nitrogen and oxygen atoms in total. The number of hydrogen-bond donors (Lipinski definition) is 2. The first-order chi connectivity index (χ1) is 8.25. The highest BCUT2D eigenvalue weighted by Gasteiger charge is 2.15. The molecule has 1 atom stereocenters. The highest BCUT2D eigenvalue weighted by Crippen LogP contribution is 2.16. The molecule has 1 aliphatic heterocycles. The Morgan fingerprint density at radius 2 is 2.29 bits per heavy atom. The first-order valence-electron chi connectivity index (χ1n) is 5.66. The molecule has 17 heavy (non-hydrogen) atoms. The summed E-state index contributed by atoms with van der Waals surface area (Å²) < 4.78 is 6.68. The van der Waals surface area contributed by atoms with E-state index < -0.39 is 0 Å². The van der Waals surface area contributed by atoms with Crippen LogP contribution >= 0.6 is 34.8 Å². The van der Waals surface area contributed by atoms with Crippen molar-refractivity contribution < 1.29 is 4.74 Å². The van der Waals surface area contributed by atoms with Gasteiger partial charge in [-0.2, -0.15) is 0 Å². The van der Waals surface area contributed by atoms with Crippen molar-refractivity contribution in [1.82, 2.24) is 5.32 Å². The van der Waals surface area contributed by atoms with Crippen LogP contribution in [0.25, 0.3) is 0 Å². The normalized spacial score (nSPS) is 19.0. The van der Waals surface area contributed by atoms with Crippen molar-refractivity contribution in [2.45, 2.75) is 18.9 Å². The molecule has 92 valence electrons. The van der Waals surface area contributed by atoms with Gasteiger partial charge in [-0.05, 0) is 59.8 Å². The standard InChI is InChI=1S/C12H15IN2OS/c13-10-5-1-2-6-11(10)15-12(17)14-8-9-4-3-7-16-9/h1-2,5-6,9H,3-4,7-8H2,(H2,14,15,17). The van der Waals surface area contributed by atoms with Gasteiger partial charge in [0, 0.05) is 16.7 Å². The van der Waals surface area contributed by atoms with E-state index in [1.807, 2.05) is 24.3 Å². The first-order valence-corrected chi connectivity index (χ1v) is 7.15. The summed E-state index contributed by atoms with van der Waals surface area (Å²) in [5.41, 5.74) is 1.04. The zero-order valence-corrected chi connectivity index (χ0v) is 12.4. The smallest absolute Gasteiger partial charge is 0.170 e. The van der Waals surface area contributed by atoms with Crippen molar-refractivity contribution in [3.63, 3.8) is 0 Å². The Kier molecular flexibility index (Phi) is 4.99. The van der Waals surface area contributed by atoms with Crippen molar-refractivity contribution >= 4 is 45.6 Å². The molecular weight excluding hydrogens is 347 g/mol. The molecule has 0 saturated carbocycles. The van der Waals surface area contributed by atoms with Crippen molar-refractivity contribution in [3.8, 4) is 0 Å². The van der Waals surface area contributed by atoms with Gasteiger partial charge in [0.05, 0.1) is 11.8 Å². The van der Waals surface area contributed by atoms with Crippen molar-refractivity contribution in [2.75, 3.05) is 18.5 Å². The van der Waals surface area contributed by atoms with E-state index in [2.05, 4.69) is 33.2 Å².